The number of hydrogen-bond donors (Lipinski definition) is 2. The molecular formula is C16H25N3O2. The summed E-state index contributed by atoms with van der Waals surface area (Å²) in [6.07, 6.45) is 1.36. The topological polar surface area (TPSA) is 67.6 Å². The molecule has 0 radical (unpaired) electrons. The van der Waals surface area contributed by atoms with Crippen molar-refractivity contribution in [1.29, 1.82) is 0 Å². The van der Waals surface area contributed by atoms with E-state index in [1.807, 2.05) is 18.2 Å². The van der Waals surface area contributed by atoms with Crippen LogP contribution in [-0.4, -0.2) is 43.6 Å². The van der Waals surface area contributed by atoms with E-state index >= 15 is 0 Å². The molecule has 2 atom stereocenters. The van der Waals surface area contributed by atoms with Gasteiger partial charge in [-0.15, -0.1) is 0 Å². The lowest BCUT2D eigenvalue weighted by Crippen LogP contribution is -2.49. The second-order valence-corrected chi connectivity index (χ2v) is 5.84. The molecule has 1 aliphatic rings. The number of para-hydroxylation sites is 2. The molecule has 1 fully saturated rings. The first-order valence-corrected chi connectivity index (χ1v) is 7.51. The van der Waals surface area contributed by atoms with Crippen molar-refractivity contribution >= 4 is 11.6 Å². The molecular weight excluding hydrogens is 266 g/mol. The number of nitrogens with one attached hydrogen (secondary N) is 1. The predicted octanol–water partition coefficient (Wildman–Crippen LogP) is 1.49. The van der Waals surface area contributed by atoms with Crippen LogP contribution in [0.25, 0.3) is 0 Å². The highest BCUT2D eigenvalue weighted by Gasteiger charge is 2.25. The molecule has 5 nitrogen and oxygen atoms in total. The Morgan fingerprint density at radius 2 is 2.24 bits per heavy atom. The smallest absolute Gasteiger partial charge is 0.223 e. The Bertz CT molecular complexity index is 478. The zero-order valence-corrected chi connectivity index (χ0v) is 12.8. The normalized spacial score (nSPS) is 22.8. The Morgan fingerprint density at radius 3 is 2.95 bits per heavy atom. The number of carbonyl (C=O) groups excluding carboxylic acids is 1. The average Bonchev–Trinajstić information content (AvgIpc) is 2.44. The Morgan fingerprint density at radius 1 is 1.48 bits per heavy atom. The van der Waals surface area contributed by atoms with Gasteiger partial charge < -0.3 is 20.7 Å². The Hall–Kier alpha value is -1.75. The second kappa shape index (κ2) is 7.31. The maximum Gasteiger partial charge on any atom is 0.223 e. The maximum absolute atomic E-state index is 12.0. The van der Waals surface area contributed by atoms with E-state index in [0.717, 1.165) is 19.5 Å². The summed E-state index contributed by atoms with van der Waals surface area (Å²) in [5, 5.41) is 3.11. The quantitative estimate of drug-likeness (QED) is 0.807. The number of carbonyl (C=O) groups is 1. The fourth-order valence-electron chi connectivity index (χ4n) is 2.71. The van der Waals surface area contributed by atoms with E-state index in [9.17, 15) is 4.79 Å². The average molecular weight is 291 g/mol. The van der Waals surface area contributed by atoms with E-state index in [2.05, 4.69) is 24.2 Å². The number of ether oxygens (including phenoxy) is 1. The zero-order chi connectivity index (χ0) is 15.2. The molecule has 2 rings (SSSR count). The van der Waals surface area contributed by atoms with E-state index in [1.54, 1.807) is 6.07 Å². The van der Waals surface area contributed by atoms with Gasteiger partial charge in [-0.1, -0.05) is 19.1 Å². The first kappa shape index (κ1) is 15.6. The molecule has 5 heteroatoms. The van der Waals surface area contributed by atoms with E-state index in [-0.39, 0.29) is 11.9 Å². The summed E-state index contributed by atoms with van der Waals surface area (Å²) in [4.78, 5) is 14.3. The first-order valence-electron chi connectivity index (χ1n) is 7.51. The van der Waals surface area contributed by atoms with Gasteiger partial charge in [-0.05, 0) is 38.1 Å². The Labute approximate surface area is 126 Å². The number of likely N-dealkylation sites (tertiary alicyclic amines) is 1. The van der Waals surface area contributed by atoms with Crippen molar-refractivity contribution in [2.24, 2.45) is 5.92 Å². The van der Waals surface area contributed by atoms with Crippen LogP contribution in [0.4, 0.5) is 5.69 Å². The molecule has 0 aliphatic carbocycles. The van der Waals surface area contributed by atoms with Crippen molar-refractivity contribution in [2.75, 3.05) is 32.5 Å². The van der Waals surface area contributed by atoms with Gasteiger partial charge in [-0.25, -0.2) is 0 Å². The van der Waals surface area contributed by atoms with Crippen LogP contribution in [0.2, 0.25) is 0 Å². The fraction of sp³-hybridized carbons (Fsp3) is 0.562. The molecule has 3 N–H and O–H groups in total. The first-order chi connectivity index (χ1) is 10.1. The number of benzene rings is 1. The Kier molecular flexibility index (Phi) is 5.44. The van der Waals surface area contributed by atoms with Crippen LogP contribution in [-0.2, 0) is 4.79 Å². The molecule has 116 valence electrons. The highest BCUT2D eigenvalue weighted by atomic mass is 16.5. The fourth-order valence-corrected chi connectivity index (χ4v) is 2.71. The van der Waals surface area contributed by atoms with E-state index in [1.165, 1.54) is 0 Å². The molecule has 2 unspecified atom stereocenters. The summed E-state index contributed by atoms with van der Waals surface area (Å²) in [5.41, 5.74) is 6.39. The van der Waals surface area contributed by atoms with Crippen LogP contribution in [0.1, 0.15) is 19.8 Å². The minimum Gasteiger partial charge on any atom is -0.491 e. The van der Waals surface area contributed by atoms with Crippen molar-refractivity contribution in [1.82, 2.24) is 10.2 Å². The molecule has 1 aromatic carbocycles. The van der Waals surface area contributed by atoms with E-state index in [0.29, 0.717) is 30.4 Å². The lowest BCUT2D eigenvalue weighted by molar-refractivity contribution is -0.123. The second-order valence-electron chi connectivity index (χ2n) is 5.84. The highest BCUT2D eigenvalue weighted by Crippen LogP contribution is 2.20. The molecule has 1 amide bonds. The van der Waals surface area contributed by atoms with Gasteiger partial charge in [-0.2, -0.15) is 0 Å². The van der Waals surface area contributed by atoms with Crippen molar-refractivity contribution in [2.45, 2.75) is 25.8 Å². The van der Waals surface area contributed by atoms with Gasteiger partial charge in [-0.3, -0.25) is 4.79 Å². The van der Waals surface area contributed by atoms with Crippen molar-refractivity contribution < 1.29 is 9.53 Å². The zero-order valence-electron chi connectivity index (χ0n) is 12.8. The van der Waals surface area contributed by atoms with Gasteiger partial charge in [0.05, 0.1) is 18.7 Å². The summed E-state index contributed by atoms with van der Waals surface area (Å²) >= 11 is 0. The number of nitrogen functional groups attached to an aromatic ring is 1. The van der Waals surface area contributed by atoms with Crippen LogP contribution in [0.3, 0.4) is 0 Å². The molecule has 0 aromatic heterocycles. The number of rotatable bonds is 5. The third-order valence-corrected chi connectivity index (χ3v) is 3.96. The number of piperidine rings is 1. The van der Waals surface area contributed by atoms with Crippen molar-refractivity contribution in [3.8, 4) is 5.75 Å². The van der Waals surface area contributed by atoms with Gasteiger partial charge in [0.15, 0.2) is 0 Å². The molecule has 1 aliphatic heterocycles. The van der Waals surface area contributed by atoms with Crippen LogP contribution >= 0.6 is 0 Å². The number of anilines is 1. The highest BCUT2D eigenvalue weighted by molar-refractivity contribution is 5.76. The van der Waals surface area contributed by atoms with E-state index < -0.39 is 0 Å². The standard InChI is InChI=1S/C16H25N3O2/c1-12-11-19(2)9-7-14(12)18-16(20)8-10-21-15-6-4-3-5-13(15)17/h3-6,12,14H,7-11,17H2,1-2H3,(H,18,20). The van der Waals surface area contributed by atoms with Gasteiger partial charge in [0, 0.05) is 12.6 Å². The van der Waals surface area contributed by atoms with Crippen LogP contribution in [0, 0.1) is 5.92 Å². The van der Waals surface area contributed by atoms with Crippen LogP contribution in [0.5, 0.6) is 5.75 Å². The van der Waals surface area contributed by atoms with Crippen molar-refractivity contribution in [3.05, 3.63) is 24.3 Å². The van der Waals surface area contributed by atoms with E-state index in [4.69, 9.17) is 10.5 Å². The largest absolute Gasteiger partial charge is 0.491 e. The summed E-state index contributed by atoms with van der Waals surface area (Å²) in [6.45, 7) is 4.59. The van der Waals surface area contributed by atoms with Gasteiger partial charge in [0.25, 0.3) is 0 Å². The lowest BCUT2D eigenvalue weighted by Gasteiger charge is -2.35. The maximum atomic E-state index is 12.0. The lowest BCUT2D eigenvalue weighted by atomic mass is 9.94. The predicted molar refractivity (Wildman–Crippen MR) is 84.2 cm³/mol. The molecule has 0 bridgehead atoms. The van der Waals surface area contributed by atoms with Gasteiger partial charge in [0.2, 0.25) is 5.91 Å². The number of amides is 1. The minimum absolute atomic E-state index is 0.0471. The molecule has 1 heterocycles. The SMILES string of the molecule is CC1CN(C)CCC1NC(=O)CCOc1ccccc1N. The molecule has 21 heavy (non-hydrogen) atoms. The van der Waals surface area contributed by atoms with Crippen molar-refractivity contribution in [3.63, 3.8) is 0 Å². The third-order valence-electron chi connectivity index (χ3n) is 3.96. The monoisotopic (exact) mass is 291 g/mol. The van der Waals surface area contributed by atoms with Gasteiger partial charge >= 0.3 is 0 Å². The van der Waals surface area contributed by atoms with Gasteiger partial charge in [0.1, 0.15) is 5.75 Å². The summed E-state index contributed by atoms with van der Waals surface area (Å²) in [5.74, 6) is 1.17. The third kappa shape index (κ3) is 4.63. The van der Waals surface area contributed by atoms with Crippen LogP contribution < -0.4 is 15.8 Å². The Balaban J connectivity index is 1.71. The molecule has 0 spiro atoms. The molecule has 0 saturated carbocycles. The summed E-state index contributed by atoms with van der Waals surface area (Å²) in [7, 11) is 2.12. The van der Waals surface area contributed by atoms with Crippen LogP contribution in [0.15, 0.2) is 24.3 Å². The number of hydrogen-bond acceptors (Lipinski definition) is 4. The molecule has 1 saturated heterocycles. The minimum atomic E-state index is 0.0471. The molecule has 1 aromatic rings. The summed E-state index contributed by atoms with van der Waals surface area (Å²) < 4.78 is 5.55. The summed E-state index contributed by atoms with van der Waals surface area (Å²) in [6, 6.07) is 7.60. The number of nitrogens with two attached hydrogens (primary N) is 1. The number of nitrogens with zero attached hydrogens (tertiary/aromatic N) is 1.